The van der Waals surface area contributed by atoms with E-state index in [1.54, 1.807) is 12.1 Å². The smallest absolute Gasteiger partial charge is 0.408 e. The van der Waals surface area contributed by atoms with Crippen molar-refractivity contribution < 1.29 is 28.9 Å². The van der Waals surface area contributed by atoms with Gasteiger partial charge in [-0.3, -0.25) is 0 Å². The van der Waals surface area contributed by atoms with Gasteiger partial charge in [0, 0.05) is 6.42 Å². The van der Waals surface area contributed by atoms with Crippen molar-refractivity contribution in [2.75, 3.05) is 7.11 Å². The number of aromatic hydroxyl groups is 1. The van der Waals surface area contributed by atoms with Crippen LogP contribution < -0.4 is 10.1 Å². The lowest BCUT2D eigenvalue weighted by molar-refractivity contribution is -0.143. The van der Waals surface area contributed by atoms with Crippen molar-refractivity contribution in [1.29, 1.82) is 0 Å². The number of alkyl carbamates (subject to hydrolysis) is 1. The third kappa shape index (κ3) is 6.77. The van der Waals surface area contributed by atoms with Gasteiger partial charge in [0.15, 0.2) is 11.5 Å². The Balaban J connectivity index is 1.59. The first-order valence-electron chi connectivity index (χ1n) is 10.1. The summed E-state index contributed by atoms with van der Waals surface area (Å²) in [6, 6.07) is 22.6. The van der Waals surface area contributed by atoms with E-state index in [4.69, 9.17) is 14.2 Å². The summed E-state index contributed by atoms with van der Waals surface area (Å²) >= 11 is 0. The Bertz CT molecular complexity index is 1020. The van der Waals surface area contributed by atoms with Crippen molar-refractivity contribution in [2.45, 2.75) is 25.7 Å². The number of nitrogens with one attached hydrogen (secondary N) is 1. The van der Waals surface area contributed by atoms with Gasteiger partial charge in [-0.15, -0.1) is 0 Å². The maximum Gasteiger partial charge on any atom is 0.408 e. The number of hydrogen-bond acceptors (Lipinski definition) is 6. The lowest BCUT2D eigenvalue weighted by Gasteiger charge is -2.17. The second-order valence-electron chi connectivity index (χ2n) is 7.06. The van der Waals surface area contributed by atoms with Crippen LogP contribution in [-0.2, 0) is 33.9 Å². The number of esters is 1. The van der Waals surface area contributed by atoms with E-state index in [0.29, 0.717) is 17.9 Å². The lowest BCUT2D eigenvalue weighted by atomic mass is 10.1. The molecule has 0 fully saturated rings. The zero-order valence-electron chi connectivity index (χ0n) is 17.7. The van der Waals surface area contributed by atoms with E-state index in [2.05, 4.69) is 5.32 Å². The molecule has 3 aromatic rings. The van der Waals surface area contributed by atoms with E-state index < -0.39 is 18.1 Å². The number of ether oxygens (including phenoxy) is 3. The Morgan fingerprint density at radius 1 is 0.875 bits per heavy atom. The molecule has 0 unspecified atom stereocenters. The molecule has 3 rings (SSSR count). The molecule has 0 saturated carbocycles. The first-order chi connectivity index (χ1) is 15.5. The zero-order valence-corrected chi connectivity index (χ0v) is 17.7. The van der Waals surface area contributed by atoms with E-state index in [-0.39, 0.29) is 18.8 Å². The summed E-state index contributed by atoms with van der Waals surface area (Å²) in [6.07, 6.45) is -0.629. The summed E-state index contributed by atoms with van der Waals surface area (Å²) in [7, 11) is 1.24. The van der Waals surface area contributed by atoms with E-state index in [0.717, 1.165) is 11.1 Å². The van der Waals surface area contributed by atoms with Gasteiger partial charge in [-0.2, -0.15) is 0 Å². The number of carbonyl (C=O) groups excluding carboxylic acids is 2. The Hall–Kier alpha value is -4.00. The summed E-state index contributed by atoms with van der Waals surface area (Å²) < 4.78 is 15.6. The molecule has 0 spiro atoms. The summed E-state index contributed by atoms with van der Waals surface area (Å²) in [5, 5.41) is 12.8. The number of methoxy groups -OCH3 is 1. The fraction of sp³-hybridized carbons (Fsp3) is 0.200. The second kappa shape index (κ2) is 11.4. The van der Waals surface area contributed by atoms with Gasteiger partial charge >= 0.3 is 12.1 Å². The third-order valence-corrected chi connectivity index (χ3v) is 4.69. The summed E-state index contributed by atoms with van der Waals surface area (Å²) in [5.41, 5.74) is 2.42. The fourth-order valence-corrected chi connectivity index (χ4v) is 3.03. The molecule has 0 saturated heterocycles. The minimum absolute atomic E-state index is 0.0614. The molecule has 0 aromatic heterocycles. The Labute approximate surface area is 186 Å². The molecule has 7 nitrogen and oxygen atoms in total. The van der Waals surface area contributed by atoms with Crippen molar-refractivity contribution >= 4 is 12.1 Å². The van der Waals surface area contributed by atoms with Crippen LogP contribution in [-0.4, -0.2) is 30.3 Å². The Morgan fingerprint density at radius 2 is 1.50 bits per heavy atom. The minimum Gasteiger partial charge on any atom is -0.504 e. The largest absolute Gasteiger partial charge is 0.504 e. The highest BCUT2D eigenvalue weighted by Gasteiger charge is 2.23. The van der Waals surface area contributed by atoms with Gasteiger partial charge in [-0.25, -0.2) is 9.59 Å². The van der Waals surface area contributed by atoms with Gasteiger partial charge in [-0.1, -0.05) is 66.7 Å². The number of amides is 1. The monoisotopic (exact) mass is 435 g/mol. The number of benzene rings is 3. The van der Waals surface area contributed by atoms with Crippen LogP contribution in [0.2, 0.25) is 0 Å². The molecule has 0 radical (unpaired) electrons. The highest BCUT2D eigenvalue weighted by molar-refractivity contribution is 5.81. The average Bonchev–Trinajstić information content (AvgIpc) is 2.82. The molecule has 166 valence electrons. The number of hydrogen-bond donors (Lipinski definition) is 2. The van der Waals surface area contributed by atoms with Gasteiger partial charge in [0.1, 0.15) is 19.3 Å². The van der Waals surface area contributed by atoms with E-state index in [1.807, 2.05) is 60.7 Å². The van der Waals surface area contributed by atoms with Crippen molar-refractivity contribution in [3.05, 3.63) is 95.6 Å². The summed E-state index contributed by atoms with van der Waals surface area (Å²) in [4.78, 5) is 24.3. The van der Waals surface area contributed by atoms with Crippen LogP contribution in [0.3, 0.4) is 0 Å². The molecular weight excluding hydrogens is 410 g/mol. The number of phenolic OH excluding ortho intramolecular Hbond substituents is 1. The van der Waals surface area contributed by atoms with Gasteiger partial charge in [0.05, 0.1) is 7.11 Å². The highest BCUT2D eigenvalue weighted by Crippen LogP contribution is 2.28. The molecular formula is C25H25NO6. The van der Waals surface area contributed by atoms with Crippen molar-refractivity contribution in [3.63, 3.8) is 0 Å². The van der Waals surface area contributed by atoms with E-state index in [1.165, 1.54) is 13.2 Å². The number of phenols is 1. The third-order valence-electron chi connectivity index (χ3n) is 4.69. The van der Waals surface area contributed by atoms with Crippen LogP contribution in [0.4, 0.5) is 4.79 Å². The van der Waals surface area contributed by atoms with E-state index >= 15 is 0 Å². The SMILES string of the molecule is COC(=O)[C@H](Cc1ccc(OCc2ccccc2)c(O)c1)NC(=O)OCc1ccccc1. The molecule has 7 heteroatoms. The molecule has 3 aromatic carbocycles. The molecule has 0 aliphatic rings. The molecule has 2 N–H and O–H groups in total. The van der Waals surface area contributed by atoms with Crippen molar-refractivity contribution in [1.82, 2.24) is 5.32 Å². The topological polar surface area (TPSA) is 94.1 Å². The molecule has 32 heavy (non-hydrogen) atoms. The van der Waals surface area contributed by atoms with Crippen LogP contribution in [0.1, 0.15) is 16.7 Å². The second-order valence-corrected chi connectivity index (χ2v) is 7.06. The molecule has 0 bridgehead atoms. The van der Waals surface area contributed by atoms with Crippen molar-refractivity contribution in [3.8, 4) is 11.5 Å². The lowest BCUT2D eigenvalue weighted by Crippen LogP contribution is -2.43. The summed E-state index contributed by atoms with van der Waals surface area (Å²) in [6.45, 7) is 0.391. The normalized spacial score (nSPS) is 11.3. The highest BCUT2D eigenvalue weighted by atomic mass is 16.6. The van der Waals surface area contributed by atoms with Crippen LogP contribution >= 0.6 is 0 Å². The average molecular weight is 435 g/mol. The number of carbonyl (C=O) groups is 2. The van der Waals surface area contributed by atoms with Crippen molar-refractivity contribution in [2.24, 2.45) is 0 Å². The van der Waals surface area contributed by atoms with Crippen LogP contribution in [0.25, 0.3) is 0 Å². The first-order valence-corrected chi connectivity index (χ1v) is 10.1. The zero-order chi connectivity index (χ0) is 22.8. The summed E-state index contributed by atoms with van der Waals surface area (Å²) in [5.74, 6) is -0.360. The number of rotatable bonds is 9. The van der Waals surface area contributed by atoms with Gasteiger partial charge in [0.25, 0.3) is 0 Å². The fourth-order valence-electron chi connectivity index (χ4n) is 3.03. The van der Waals surface area contributed by atoms with Crippen LogP contribution in [0.5, 0.6) is 11.5 Å². The maximum absolute atomic E-state index is 12.2. The first kappa shape index (κ1) is 22.7. The van der Waals surface area contributed by atoms with E-state index in [9.17, 15) is 14.7 Å². The van der Waals surface area contributed by atoms with Crippen LogP contribution in [0.15, 0.2) is 78.9 Å². The molecule has 1 amide bonds. The standard InChI is InChI=1S/C25H25NO6/c1-30-24(28)21(26-25(29)32-17-19-10-6-3-7-11-19)14-20-12-13-23(22(27)15-20)31-16-18-8-4-2-5-9-18/h2-13,15,21,27H,14,16-17H2,1H3,(H,26,29)/t21-/m0/s1. The minimum atomic E-state index is -0.973. The Kier molecular flexibility index (Phi) is 8.09. The quantitative estimate of drug-likeness (QED) is 0.494. The predicted molar refractivity (Wildman–Crippen MR) is 118 cm³/mol. The molecule has 0 aliphatic heterocycles. The molecule has 0 heterocycles. The predicted octanol–water partition coefficient (Wildman–Crippen LogP) is 3.98. The van der Waals surface area contributed by atoms with Gasteiger partial charge in [-0.05, 0) is 28.8 Å². The van der Waals surface area contributed by atoms with Crippen LogP contribution in [0, 0.1) is 0 Å². The van der Waals surface area contributed by atoms with Gasteiger partial charge in [0.2, 0.25) is 0 Å². The molecule has 1 atom stereocenters. The van der Waals surface area contributed by atoms with Gasteiger partial charge < -0.3 is 24.6 Å². The Morgan fingerprint density at radius 3 is 2.09 bits per heavy atom. The maximum atomic E-state index is 12.2. The molecule has 0 aliphatic carbocycles.